The number of aliphatic imine (C=N–C) groups is 1. The molecule has 1 aromatic heterocycles. The Kier molecular flexibility index (Phi) is 11.5. The van der Waals surface area contributed by atoms with E-state index >= 15 is 0 Å². The monoisotopic (exact) mass is 536 g/mol. The summed E-state index contributed by atoms with van der Waals surface area (Å²) in [5, 5.41) is 6.34. The van der Waals surface area contributed by atoms with Gasteiger partial charge in [-0.05, 0) is 49.9 Å². The van der Waals surface area contributed by atoms with Crippen LogP contribution in [0, 0.1) is 0 Å². The van der Waals surface area contributed by atoms with Crippen molar-refractivity contribution in [2.45, 2.75) is 38.9 Å². The predicted molar refractivity (Wildman–Crippen MR) is 124 cm³/mol. The zero-order chi connectivity index (χ0) is 21.1. The van der Waals surface area contributed by atoms with E-state index in [1.807, 2.05) is 13.0 Å². The van der Waals surface area contributed by atoms with Crippen LogP contribution in [0.15, 0.2) is 58.4 Å². The van der Waals surface area contributed by atoms with Crippen LogP contribution in [0.4, 0.5) is 13.2 Å². The number of benzene rings is 1. The second-order valence-electron chi connectivity index (χ2n) is 6.57. The van der Waals surface area contributed by atoms with Crippen molar-refractivity contribution in [3.63, 3.8) is 0 Å². The van der Waals surface area contributed by atoms with Gasteiger partial charge in [-0.25, -0.2) is 0 Å². The van der Waals surface area contributed by atoms with Crippen LogP contribution in [0.25, 0.3) is 0 Å². The molecule has 1 heterocycles. The van der Waals surface area contributed by atoms with Gasteiger partial charge in [-0.15, -0.1) is 24.0 Å². The normalized spacial score (nSPS) is 11.7. The molecule has 5 nitrogen and oxygen atoms in total. The number of unbranched alkanes of at least 4 members (excludes halogenated alkanes) is 1. The fourth-order valence-electron chi connectivity index (χ4n) is 2.76. The van der Waals surface area contributed by atoms with Crippen molar-refractivity contribution in [2.24, 2.45) is 4.99 Å². The van der Waals surface area contributed by atoms with E-state index in [2.05, 4.69) is 15.6 Å². The van der Waals surface area contributed by atoms with Crippen molar-refractivity contribution < 1.29 is 13.2 Å². The van der Waals surface area contributed by atoms with Crippen LogP contribution in [0.1, 0.15) is 30.9 Å². The zero-order valence-corrected chi connectivity index (χ0v) is 19.2. The summed E-state index contributed by atoms with van der Waals surface area (Å²) in [6.07, 6.45) is -0.247. The molecule has 0 amide bonds. The number of pyridine rings is 1. The number of rotatable bonds is 9. The Balaban J connectivity index is 0.00000450. The molecule has 0 spiro atoms. The smallest absolute Gasteiger partial charge is 0.357 e. The summed E-state index contributed by atoms with van der Waals surface area (Å²) in [7, 11) is 0. The van der Waals surface area contributed by atoms with E-state index in [-0.39, 0.29) is 29.5 Å². The fraction of sp³-hybridized carbons (Fsp3) is 0.429. The van der Waals surface area contributed by atoms with Crippen LogP contribution in [0.2, 0.25) is 0 Å². The molecule has 2 aromatic rings. The lowest BCUT2D eigenvalue weighted by atomic mass is 10.1. The summed E-state index contributed by atoms with van der Waals surface area (Å²) in [4.78, 5) is 16.1. The van der Waals surface area contributed by atoms with Gasteiger partial charge in [0.25, 0.3) is 0 Å². The first-order valence-corrected chi connectivity index (χ1v) is 9.74. The lowest BCUT2D eigenvalue weighted by Crippen LogP contribution is -2.38. The highest BCUT2D eigenvalue weighted by Crippen LogP contribution is 2.29. The lowest BCUT2D eigenvalue weighted by molar-refractivity contribution is -0.137. The SMILES string of the molecule is CCNC(=NCCCCn1ccccc1=O)NCCc1ccc(C(F)(F)F)cc1.I. The van der Waals surface area contributed by atoms with Gasteiger partial charge in [0.15, 0.2) is 5.96 Å². The van der Waals surface area contributed by atoms with E-state index < -0.39 is 11.7 Å². The van der Waals surface area contributed by atoms with Crippen LogP contribution in [0.5, 0.6) is 0 Å². The molecule has 0 atom stereocenters. The van der Waals surface area contributed by atoms with Crippen LogP contribution in [-0.2, 0) is 19.1 Å². The fourth-order valence-corrected chi connectivity index (χ4v) is 2.76. The molecule has 0 saturated carbocycles. The number of alkyl halides is 3. The molecule has 0 unspecified atom stereocenters. The second-order valence-corrected chi connectivity index (χ2v) is 6.57. The molecular weight excluding hydrogens is 508 g/mol. The summed E-state index contributed by atoms with van der Waals surface area (Å²) in [5.74, 6) is 0.677. The van der Waals surface area contributed by atoms with Gasteiger partial charge in [0.1, 0.15) is 0 Å². The first-order chi connectivity index (χ1) is 13.9. The quantitative estimate of drug-likeness (QED) is 0.220. The van der Waals surface area contributed by atoms with Crippen molar-refractivity contribution in [1.82, 2.24) is 15.2 Å². The number of halogens is 4. The largest absolute Gasteiger partial charge is 0.416 e. The van der Waals surface area contributed by atoms with E-state index in [1.54, 1.807) is 22.9 Å². The zero-order valence-electron chi connectivity index (χ0n) is 16.9. The average molecular weight is 536 g/mol. The van der Waals surface area contributed by atoms with E-state index in [1.165, 1.54) is 12.1 Å². The molecule has 2 N–H and O–H groups in total. The van der Waals surface area contributed by atoms with Crippen molar-refractivity contribution >= 4 is 29.9 Å². The highest BCUT2D eigenvalue weighted by atomic mass is 127. The summed E-state index contributed by atoms with van der Waals surface area (Å²) in [5.41, 5.74) is 0.186. The van der Waals surface area contributed by atoms with Crippen molar-refractivity contribution in [2.75, 3.05) is 19.6 Å². The molecule has 166 valence electrons. The maximum Gasteiger partial charge on any atom is 0.416 e. The molecule has 30 heavy (non-hydrogen) atoms. The minimum Gasteiger partial charge on any atom is -0.357 e. The maximum absolute atomic E-state index is 12.6. The van der Waals surface area contributed by atoms with Gasteiger partial charge in [-0.1, -0.05) is 18.2 Å². The number of hydrogen-bond donors (Lipinski definition) is 2. The highest BCUT2D eigenvalue weighted by Gasteiger charge is 2.29. The van der Waals surface area contributed by atoms with Gasteiger partial charge in [-0.3, -0.25) is 9.79 Å². The third-order valence-corrected chi connectivity index (χ3v) is 4.31. The van der Waals surface area contributed by atoms with E-state index in [4.69, 9.17) is 0 Å². The average Bonchev–Trinajstić information content (AvgIpc) is 2.69. The van der Waals surface area contributed by atoms with E-state index in [9.17, 15) is 18.0 Å². The molecule has 9 heteroatoms. The summed E-state index contributed by atoms with van der Waals surface area (Å²) in [6, 6.07) is 10.3. The summed E-state index contributed by atoms with van der Waals surface area (Å²) in [6.45, 7) is 4.53. The Bertz CT molecular complexity index is 835. The molecule has 0 bridgehead atoms. The molecule has 0 saturated heterocycles. The minimum absolute atomic E-state index is 0. The minimum atomic E-state index is -4.31. The van der Waals surface area contributed by atoms with Crippen LogP contribution < -0.4 is 16.2 Å². The molecular formula is C21H28F3IN4O. The van der Waals surface area contributed by atoms with E-state index in [0.29, 0.717) is 38.6 Å². The van der Waals surface area contributed by atoms with Crippen molar-refractivity contribution in [3.8, 4) is 0 Å². The van der Waals surface area contributed by atoms with Gasteiger partial charge in [-0.2, -0.15) is 13.2 Å². The van der Waals surface area contributed by atoms with Gasteiger partial charge in [0, 0.05) is 38.4 Å². The van der Waals surface area contributed by atoms with Crippen LogP contribution in [-0.4, -0.2) is 30.2 Å². The van der Waals surface area contributed by atoms with Gasteiger partial charge < -0.3 is 15.2 Å². The molecule has 0 fully saturated rings. The van der Waals surface area contributed by atoms with Crippen molar-refractivity contribution in [1.29, 1.82) is 0 Å². The third-order valence-electron chi connectivity index (χ3n) is 4.31. The number of nitrogens with one attached hydrogen (secondary N) is 2. The first kappa shape index (κ1) is 26.0. The Hall–Kier alpha value is -2.04. The first-order valence-electron chi connectivity index (χ1n) is 9.74. The van der Waals surface area contributed by atoms with E-state index in [0.717, 1.165) is 30.5 Å². The van der Waals surface area contributed by atoms with Crippen molar-refractivity contribution in [3.05, 3.63) is 70.1 Å². The van der Waals surface area contributed by atoms with Crippen LogP contribution >= 0.6 is 24.0 Å². The number of nitrogens with zero attached hydrogens (tertiary/aromatic N) is 2. The molecule has 0 radical (unpaired) electrons. The molecule has 0 aliphatic heterocycles. The second kappa shape index (κ2) is 13.3. The summed E-state index contributed by atoms with van der Waals surface area (Å²) < 4.78 is 39.5. The predicted octanol–water partition coefficient (Wildman–Crippen LogP) is 4.06. The standard InChI is InChI=1S/C21H27F3N4O.HI/c1-2-25-20(26-13-4-6-16-28-15-5-3-7-19(28)29)27-14-12-17-8-10-18(11-9-17)21(22,23)24;/h3,5,7-11,15H,2,4,6,12-14,16H2,1H3,(H2,25,26,27);1H. The van der Waals surface area contributed by atoms with Gasteiger partial charge >= 0.3 is 6.18 Å². The Morgan fingerprint density at radius 2 is 1.80 bits per heavy atom. The molecule has 2 rings (SSSR count). The molecule has 1 aromatic carbocycles. The Morgan fingerprint density at radius 3 is 2.43 bits per heavy atom. The molecule has 0 aliphatic rings. The van der Waals surface area contributed by atoms with Gasteiger partial charge in [0.2, 0.25) is 5.56 Å². The van der Waals surface area contributed by atoms with Crippen LogP contribution in [0.3, 0.4) is 0 Å². The Morgan fingerprint density at radius 1 is 1.07 bits per heavy atom. The lowest BCUT2D eigenvalue weighted by Gasteiger charge is -2.12. The topological polar surface area (TPSA) is 58.4 Å². The summed E-state index contributed by atoms with van der Waals surface area (Å²) >= 11 is 0. The number of guanidine groups is 1. The van der Waals surface area contributed by atoms with Gasteiger partial charge in [0.05, 0.1) is 5.56 Å². The number of aromatic nitrogens is 1. The highest BCUT2D eigenvalue weighted by molar-refractivity contribution is 14.0. The number of aryl methyl sites for hydroxylation is 1. The number of hydrogen-bond acceptors (Lipinski definition) is 2. The molecule has 0 aliphatic carbocycles. The Labute approximate surface area is 191 Å². The third kappa shape index (κ3) is 9.19. The maximum atomic E-state index is 12.6.